The Labute approximate surface area is 163 Å². The third-order valence-electron chi connectivity index (χ3n) is 4.18. The molecule has 8 heteroatoms. The molecule has 0 saturated carbocycles. The van der Waals surface area contributed by atoms with Gasteiger partial charge in [-0.3, -0.25) is 4.79 Å². The predicted octanol–water partition coefficient (Wildman–Crippen LogP) is 3.23. The van der Waals surface area contributed by atoms with E-state index in [-0.39, 0.29) is 5.69 Å². The number of amides is 1. The molecule has 3 aromatic rings. The Bertz CT molecular complexity index is 1120. The predicted molar refractivity (Wildman–Crippen MR) is 109 cm³/mol. The second-order valence-electron chi connectivity index (χ2n) is 6.36. The van der Waals surface area contributed by atoms with Gasteiger partial charge in [0.2, 0.25) is 5.91 Å². The number of carbonyl (C=O) groups excluding carboxylic acids is 1. The molecular formula is C20H20FN3O3S. The molecule has 0 aliphatic carbocycles. The summed E-state index contributed by atoms with van der Waals surface area (Å²) in [6.45, 7) is -0.561. The summed E-state index contributed by atoms with van der Waals surface area (Å²) in [6, 6.07) is 18.5. The van der Waals surface area contributed by atoms with Gasteiger partial charge < -0.3 is 5.32 Å². The first-order chi connectivity index (χ1) is 13.3. The van der Waals surface area contributed by atoms with E-state index in [0.717, 1.165) is 25.4 Å². The van der Waals surface area contributed by atoms with E-state index >= 15 is 0 Å². The molecule has 0 saturated heterocycles. The first kappa shape index (κ1) is 19.8. The monoisotopic (exact) mass is 401 g/mol. The molecule has 0 aliphatic heterocycles. The van der Waals surface area contributed by atoms with Gasteiger partial charge in [0, 0.05) is 19.8 Å². The number of hydrogen-bond donors (Lipinski definition) is 1. The van der Waals surface area contributed by atoms with Crippen molar-refractivity contribution in [1.82, 2.24) is 4.31 Å². The molecule has 146 valence electrons. The number of para-hydroxylation sites is 1. The lowest BCUT2D eigenvalue weighted by molar-refractivity contribution is -0.114. The fourth-order valence-electron chi connectivity index (χ4n) is 2.74. The van der Waals surface area contributed by atoms with Crippen LogP contribution in [0.3, 0.4) is 0 Å². The van der Waals surface area contributed by atoms with Crippen LogP contribution in [-0.4, -0.2) is 39.3 Å². The zero-order chi connectivity index (χ0) is 20.3. The molecule has 0 aromatic heterocycles. The van der Waals surface area contributed by atoms with Crippen molar-refractivity contribution < 1.29 is 17.6 Å². The standard InChI is InChI=1S/C20H20FN3O3S/c1-23(2)28(26,27)24(19-10-6-5-9-18(19)21)14-20(25)22-17-12-11-15-7-3-4-8-16(15)13-17/h3-13H,14H2,1-2H3,(H,22,25). The van der Waals surface area contributed by atoms with E-state index in [9.17, 15) is 17.6 Å². The van der Waals surface area contributed by atoms with E-state index in [1.165, 1.54) is 32.3 Å². The Morgan fingerprint density at radius 2 is 1.61 bits per heavy atom. The fraction of sp³-hybridized carbons (Fsp3) is 0.150. The number of nitrogens with one attached hydrogen (secondary N) is 1. The van der Waals surface area contributed by atoms with Crippen LogP contribution in [0.25, 0.3) is 10.8 Å². The summed E-state index contributed by atoms with van der Waals surface area (Å²) >= 11 is 0. The van der Waals surface area contributed by atoms with Gasteiger partial charge in [0.15, 0.2) is 0 Å². The summed E-state index contributed by atoms with van der Waals surface area (Å²) in [5, 5.41) is 4.63. The second-order valence-corrected chi connectivity index (χ2v) is 8.43. The van der Waals surface area contributed by atoms with Crippen LogP contribution in [0.15, 0.2) is 66.7 Å². The molecule has 6 nitrogen and oxygen atoms in total. The van der Waals surface area contributed by atoms with Crippen LogP contribution >= 0.6 is 0 Å². The minimum Gasteiger partial charge on any atom is -0.324 e. The Hall–Kier alpha value is -2.97. The van der Waals surface area contributed by atoms with Crippen molar-refractivity contribution in [1.29, 1.82) is 0 Å². The first-order valence-electron chi connectivity index (χ1n) is 8.52. The Balaban J connectivity index is 1.87. The van der Waals surface area contributed by atoms with Crippen LogP contribution in [0.5, 0.6) is 0 Å². The maximum atomic E-state index is 14.2. The average Bonchev–Trinajstić information content (AvgIpc) is 2.66. The lowest BCUT2D eigenvalue weighted by Crippen LogP contribution is -2.44. The van der Waals surface area contributed by atoms with Gasteiger partial charge in [0.25, 0.3) is 0 Å². The van der Waals surface area contributed by atoms with E-state index in [4.69, 9.17) is 0 Å². The van der Waals surface area contributed by atoms with Gasteiger partial charge in [-0.1, -0.05) is 42.5 Å². The topological polar surface area (TPSA) is 69.7 Å². The first-order valence-corrected chi connectivity index (χ1v) is 9.92. The molecule has 3 aromatic carbocycles. The number of nitrogens with zero attached hydrogens (tertiary/aromatic N) is 2. The molecule has 0 spiro atoms. The Morgan fingerprint density at radius 1 is 0.964 bits per heavy atom. The minimum atomic E-state index is -4.07. The zero-order valence-electron chi connectivity index (χ0n) is 15.5. The summed E-state index contributed by atoms with van der Waals surface area (Å²) in [6.07, 6.45) is 0. The van der Waals surface area contributed by atoms with Crippen LogP contribution < -0.4 is 9.62 Å². The molecule has 0 bridgehead atoms. The van der Waals surface area contributed by atoms with Crippen LogP contribution in [-0.2, 0) is 15.0 Å². The third-order valence-corrected chi connectivity index (χ3v) is 5.99. The number of carbonyl (C=O) groups is 1. The number of rotatable bonds is 6. The van der Waals surface area contributed by atoms with E-state index in [2.05, 4.69) is 5.32 Å². The van der Waals surface area contributed by atoms with Crippen LogP contribution in [0.4, 0.5) is 15.8 Å². The molecule has 0 atom stereocenters. The van der Waals surface area contributed by atoms with E-state index < -0.39 is 28.5 Å². The maximum Gasteiger partial charge on any atom is 0.304 e. The highest BCUT2D eigenvalue weighted by molar-refractivity contribution is 7.90. The number of benzene rings is 3. The minimum absolute atomic E-state index is 0.190. The van der Waals surface area contributed by atoms with Crippen molar-refractivity contribution in [2.24, 2.45) is 0 Å². The zero-order valence-corrected chi connectivity index (χ0v) is 16.3. The molecule has 0 aliphatic rings. The van der Waals surface area contributed by atoms with E-state index in [1.807, 2.05) is 30.3 Å². The number of fused-ring (bicyclic) bond motifs is 1. The van der Waals surface area contributed by atoms with Gasteiger partial charge in [-0.25, -0.2) is 8.70 Å². The lowest BCUT2D eigenvalue weighted by atomic mass is 10.1. The Morgan fingerprint density at radius 3 is 2.29 bits per heavy atom. The van der Waals surface area contributed by atoms with Crippen molar-refractivity contribution in [3.63, 3.8) is 0 Å². The van der Waals surface area contributed by atoms with Crippen molar-refractivity contribution in [3.8, 4) is 0 Å². The SMILES string of the molecule is CN(C)S(=O)(=O)N(CC(=O)Nc1ccc2ccccc2c1)c1ccccc1F. The van der Waals surface area contributed by atoms with Gasteiger partial charge in [-0.05, 0) is 35.0 Å². The molecule has 1 amide bonds. The smallest absolute Gasteiger partial charge is 0.304 e. The van der Waals surface area contributed by atoms with Crippen LogP contribution in [0.2, 0.25) is 0 Å². The summed E-state index contributed by atoms with van der Waals surface area (Å²) in [5.41, 5.74) is 0.337. The highest BCUT2D eigenvalue weighted by atomic mass is 32.2. The van der Waals surface area contributed by atoms with Gasteiger partial charge in [0.05, 0.1) is 5.69 Å². The molecule has 0 radical (unpaired) electrons. The van der Waals surface area contributed by atoms with Crippen molar-refractivity contribution >= 4 is 38.3 Å². The quantitative estimate of drug-likeness (QED) is 0.689. The largest absolute Gasteiger partial charge is 0.324 e. The molecule has 0 fully saturated rings. The molecular weight excluding hydrogens is 381 g/mol. The fourth-order valence-corrected chi connectivity index (χ4v) is 3.81. The summed E-state index contributed by atoms with van der Waals surface area (Å²) < 4.78 is 41.2. The molecule has 0 unspecified atom stereocenters. The van der Waals surface area contributed by atoms with Crippen molar-refractivity contribution in [2.75, 3.05) is 30.3 Å². The molecule has 1 N–H and O–H groups in total. The summed E-state index contributed by atoms with van der Waals surface area (Å²) in [7, 11) is -1.42. The lowest BCUT2D eigenvalue weighted by Gasteiger charge is -2.27. The molecule has 0 heterocycles. The van der Waals surface area contributed by atoms with E-state index in [0.29, 0.717) is 5.69 Å². The normalized spacial score (nSPS) is 11.6. The summed E-state index contributed by atoms with van der Waals surface area (Å²) in [5.74, 6) is -1.31. The average molecular weight is 401 g/mol. The maximum absolute atomic E-state index is 14.2. The highest BCUT2D eigenvalue weighted by Gasteiger charge is 2.29. The third kappa shape index (κ3) is 4.13. The highest BCUT2D eigenvalue weighted by Crippen LogP contribution is 2.23. The molecule has 3 rings (SSSR count). The van der Waals surface area contributed by atoms with Gasteiger partial charge in [-0.15, -0.1) is 0 Å². The summed E-state index contributed by atoms with van der Waals surface area (Å²) in [4.78, 5) is 12.6. The number of hydrogen-bond acceptors (Lipinski definition) is 3. The number of anilines is 2. The van der Waals surface area contributed by atoms with Gasteiger partial charge >= 0.3 is 10.2 Å². The van der Waals surface area contributed by atoms with Crippen molar-refractivity contribution in [2.45, 2.75) is 0 Å². The Kier molecular flexibility index (Phi) is 5.62. The van der Waals surface area contributed by atoms with Crippen LogP contribution in [0, 0.1) is 5.82 Å². The second kappa shape index (κ2) is 7.95. The molecule has 28 heavy (non-hydrogen) atoms. The van der Waals surface area contributed by atoms with Crippen molar-refractivity contribution in [3.05, 3.63) is 72.5 Å². The number of halogens is 1. The van der Waals surface area contributed by atoms with Gasteiger partial charge in [0.1, 0.15) is 12.4 Å². The van der Waals surface area contributed by atoms with E-state index in [1.54, 1.807) is 12.1 Å². The van der Waals surface area contributed by atoms with Gasteiger partial charge in [-0.2, -0.15) is 12.7 Å². The van der Waals surface area contributed by atoms with Crippen LogP contribution in [0.1, 0.15) is 0 Å².